The zero-order valence-electron chi connectivity index (χ0n) is 29.0. The Bertz CT molecular complexity index is 2150. The molecule has 0 N–H and O–H groups in total. The van der Waals surface area contributed by atoms with Gasteiger partial charge in [-0.3, -0.25) is 0 Å². The molecule has 17 rings (SSSR count). The molecule has 5 aromatic rings. The zero-order chi connectivity index (χ0) is 33.1. The molecule has 12 aliphatic rings. The molecule has 0 amide bonds. The average molecular weight is 671 g/mol. The maximum atomic E-state index is 7.14. The predicted octanol–water partition coefficient (Wildman–Crippen LogP) is 11.2. The van der Waals surface area contributed by atoms with Gasteiger partial charge >= 0.3 is 0 Å². The second-order valence-corrected chi connectivity index (χ2v) is 17.9. The Balaban J connectivity index is 0.798. The summed E-state index contributed by atoms with van der Waals surface area (Å²) in [4.78, 5) is 0. The van der Waals surface area contributed by atoms with E-state index >= 15 is 0 Å². The van der Waals surface area contributed by atoms with E-state index in [-0.39, 0.29) is 24.4 Å². The van der Waals surface area contributed by atoms with Gasteiger partial charge in [-0.25, -0.2) is 0 Å². The largest absolute Gasteiger partial charge is 0.365 e. The molecule has 0 radical (unpaired) electrons. The van der Waals surface area contributed by atoms with Gasteiger partial charge in [-0.05, 0) is 128 Å². The van der Waals surface area contributed by atoms with E-state index in [9.17, 15) is 0 Å². The zero-order valence-corrected chi connectivity index (χ0v) is 29.0. The van der Waals surface area contributed by atoms with Crippen molar-refractivity contribution in [2.24, 2.45) is 23.7 Å². The minimum atomic E-state index is 0.216. The van der Waals surface area contributed by atoms with Crippen LogP contribution in [-0.2, 0) is 9.47 Å². The first-order valence-electron chi connectivity index (χ1n) is 20.1. The van der Waals surface area contributed by atoms with Gasteiger partial charge in [-0.2, -0.15) is 0 Å². The molecule has 8 aliphatic carbocycles. The number of rotatable bonds is 0. The summed E-state index contributed by atoms with van der Waals surface area (Å²) in [6.07, 6.45) is 5.57. The number of hydrogen-bond acceptors (Lipinski definition) is 2. The van der Waals surface area contributed by atoms with Crippen LogP contribution in [0.25, 0.3) is 0 Å². The summed E-state index contributed by atoms with van der Waals surface area (Å²) >= 11 is 0. The highest BCUT2D eigenvalue weighted by Gasteiger charge is 2.61. The van der Waals surface area contributed by atoms with Crippen LogP contribution in [0.3, 0.4) is 0 Å². The molecule has 0 unspecified atom stereocenters. The molecule has 0 saturated carbocycles. The summed E-state index contributed by atoms with van der Waals surface area (Å²) in [7, 11) is 0. The third kappa shape index (κ3) is 2.93. The molecule has 0 aromatic heterocycles. The Labute approximate surface area is 304 Å². The molecule has 2 nitrogen and oxygen atoms in total. The minimum Gasteiger partial charge on any atom is -0.365 e. The number of benzene rings is 5. The van der Waals surface area contributed by atoms with Crippen LogP contribution in [0, 0.1) is 23.7 Å². The SMILES string of the molecule is c1ccc2c(c1)C1C3=C(C[C@H]4[C@@H](C3)[C@@H]3O[C@@H]4c4cc5c(cc43)[C@@H]3O[C@@H]5[C@@H]4CC5=C(C[C@H]43)C3c4ccccc4C5c4ccccc43)C2c2ccccc21. The van der Waals surface area contributed by atoms with Gasteiger partial charge in [0.25, 0.3) is 0 Å². The van der Waals surface area contributed by atoms with Gasteiger partial charge in [0.2, 0.25) is 0 Å². The molecule has 4 heterocycles. The van der Waals surface area contributed by atoms with Crippen molar-refractivity contribution in [2.75, 3.05) is 0 Å². The smallest absolute Gasteiger partial charge is 0.0872 e. The lowest BCUT2D eigenvalue weighted by Gasteiger charge is -2.49. The van der Waals surface area contributed by atoms with E-state index in [1.54, 1.807) is 66.8 Å². The van der Waals surface area contributed by atoms with Crippen LogP contribution in [0.15, 0.2) is 131 Å². The fourth-order valence-corrected chi connectivity index (χ4v) is 14.6. The van der Waals surface area contributed by atoms with Crippen molar-refractivity contribution >= 4 is 0 Å². The molecule has 2 saturated heterocycles. The number of hydrogen-bond donors (Lipinski definition) is 0. The van der Waals surface area contributed by atoms with Crippen molar-refractivity contribution in [1.82, 2.24) is 0 Å². The highest BCUT2D eigenvalue weighted by molar-refractivity contribution is 5.68. The standard InChI is InChI=1S/C50H38O2/c1-2-10-24-23(9-1)43-25-11-3-4-12-26(25)44(24)32-18-36-35(17-31(32)43)47-39-21-41-42(22-40(39)48(36)51-47)50-38-20-34-33(19-37(38)49(41)52-50)45-27-13-5-7-15-29(27)46(34)30-16-8-6-14-28(30)45/h1-16,21-22,35-38,43-50H,17-20H2/t35-,36-,37-,38+,43?,44?,45?,46?,47-,48-,49+,50+/m1/s1. The van der Waals surface area contributed by atoms with Crippen molar-refractivity contribution in [3.63, 3.8) is 0 Å². The monoisotopic (exact) mass is 670 g/mol. The first kappa shape index (κ1) is 27.2. The molecule has 4 aliphatic heterocycles. The molecule has 52 heavy (non-hydrogen) atoms. The van der Waals surface area contributed by atoms with E-state index in [1.165, 1.54) is 47.9 Å². The van der Waals surface area contributed by atoms with Crippen molar-refractivity contribution in [3.05, 3.63) is 198 Å². The Hall–Kier alpha value is -4.50. The van der Waals surface area contributed by atoms with Crippen LogP contribution in [0.1, 0.15) is 141 Å². The summed E-state index contributed by atoms with van der Waals surface area (Å²) in [5, 5.41) is 0. The third-order valence-electron chi connectivity index (χ3n) is 16.3. The van der Waals surface area contributed by atoms with Crippen LogP contribution < -0.4 is 0 Å². The lowest BCUT2D eigenvalue weighted by Crippen LogP contribution is -2.37. The molecule has 0 spiro atoms. The lowest BCUT2D eigenvalue weighted by molar-refractivity contribution is 0.0506. The number of allylic oxidation sites excluding steroid dienone is 4. The van der Waals surface area contributed by atoms with E-state index in [0.29, 0.717) is 47.3 Å². The van der Waals surface area contributed by atoms with Crippen LogP contribution >= 0.6 is 0 Å². The highest BCUT2D eigenvalue weighted by Crippen LogP contribution is 2.72. The fraction of sp³-hybridized carbons (Fsp3) is 0.320. The predicted molar refractivity (Wildman–Crippen MR) is 199 cm³/mol. The van der Waals surface area contributed by atoms with Crippen LogP contribution in [-0.4, -0.2) is 0 Å². The third-order valence-corrected chi connectivity index (χ3v) is 16.3. The molecular formula is C50H38O2. The minimum absolute atomic E-state index is 0.216. The maximum Gasteiger partial charge on any atom is 0.0872 e. The van der Waals surface area contributed by atoms with Crippen molar-refractivity contribution < 1.29 is 9.47 Å². The van der Waals surface area contributed by atoms with E-state index in [0.717, 1.165) is 0 Å². The summed E-state index contributed by atoms with van der Waals surface area (Å²) in [6, 6.07) is 42.6. The molecular weight excluding hydrogens is 633 g/mol. The van der Waals surface area contributed by atoms with E-state index in [4.69, 9.17) is 9.47 Å². The fourth-order valence-electron chi connectivity index (χ4n) is 14.6. The van der Waals surface area contributed by atoms with Gasteiger partial charge in [0, 0.05) is 23.7 Å². The Morgan fingerprint density at radius 2 is 0.500 bits per heavy atom. The highest BCUT2D eigenvalue weighted by atomic mass is 16.5. The summed E-state index contributed by atoms with van der Waals surface area (Å²) in [5.41, 5.74) is 25.3. The molecule has 8 bridgehead atoms. The molecule has 2 heteroatoms. The van der Waals surface area contributed by atoms with Crippen LogP contribution in [0.5, 0.6) is 0 Å². The number of fused-ring (bicyclic) bond motifs is 16. The first-order valence-corrected chi connectivity index (χ1v) is 20.1. The topological polar surface area (TPSA) is 18.5 Å². The van der Waals surface area contributed by atoms with E-state index < -0.39 is 0 Å². The molecule has 8 atom stereocenters. The van der Waals surface area contributed by atoms with Gasteiger partial charge in [0.1, 0.15) is 0 Å². The van der Waals surface area contributed by atoms with Crippen molar-refractivity contribution in [3.8, 4) is 0 Å². The number of ether oxygens (including phenoxy) is 2. The average Bonchev–Trinajstić information content (AvgIpc) is 3.97. The maximum absolute atomic E-state index is 7.14. The Kier molecular flexibility index (Phi) is 4.69. The first-order chi connectivity index (χ1) is 25.8. The summed E-state index contributed by atoms with van der Waals surface area (Å²) < 4.78 is 14.3. The summed E-state index contributed by atoms with van der Waals surface area (Å²) in [6.45, 7) is 0. The van der Waals surface area contributed by atoms with Crippen molar-refractivity contribution in [1.29, 1.82) is 0 Å². The normalized spacial score (nSPS) is 37.4. The second kappa shape index (κ2) is 8.99. The Morgan fingerprint density at radius 3 is 0.712 bits per heavy atom. The van der Waals surface area contributed by atoms with Gasteiger partial charge in [-0.15, -0.1) is 0 Å². The van der Waals surface area contributed by atoms with Gasteiger partial charge in [0.15, 0.2) is 0 Å². The van der Waals surface area contributed by atoms with Crippen LogP contribution in [0.2, 0.25) is 0 Å². The van der Waals surface area contributed by atoms with Gasteiger partial charge in [0.05, 0.1) is 24.4 Å². The molecule has 5 aromatic carbocycles. The van der Waals surface area contributed by atoms with Crippen molar-refractivity contribution in [2.45, 2.75) is 73.8 Å². The molecule has 2 fully saturated rings. The van der Waals surface area contributed by atoms with Crippen LogP contribution in [0.4, 0.5) is 0 Å². The Morgan fingerprint density at radius 1 is 0.288 bits per heavy atom. The van der Waals surface area contributed by atoms with Gasteiger partial charge < -0.3 is 9.47 Å². The quantitative estimate of drug-likeness (QED) is 0.153. The van der Waals surface area contributed by atoms with Gasteiger partial charge in [-0.1, -0.05) is 119 Å². The lowest BCUT2D eigenvalue weighted by atomic mass is 9.53. The second-order valence-electron chi connectivity index (χ2n) is 17.9. The van der Waals surface area contributed by atoms with E-state index in [2.05, 4.69) is 109 Å². The van der Waals surface area contributed by atoms with E-state index in [1.807, 2.05) is 0 Å². The molecule has 250 valence electrons. The summed E-state index contributed by atoms with van der Waals surface area (Å²) in [5.74, 6) is 3.92.